The Morgan fingerprint density at radius 2 is 1.95 bits per heavy atom. The zero-order chi connectivity index (χ0) is 16.6. The van der Waals surface area contributed by atoms with Gasteiger partial charge in [0.15, 0.2) is 10.8 Å². The Balaban J connectivity index is 2.24. The van der Waals surface area contributed by atoms with Crippen molar-refractivity contribution in [2.45, 2.75) is 13.8 Å². The number of halogens is 1. The molecule has 0 saturated heterocycles. The highest BCUT2D eigenvalue weighted by atomic mass is 79.9. The average Bonchev–Trinajstić information content (AvgIpc) is 2.93. The highest BCUT2D eigenvalue weighted by molar-refractivity contribution is 9.10. The summed E-state index contributed by atoms with van der Waals surface area (Å²) >= 11 is 4.51. The maximum Gasteiger partial charge on any atom is 0.279 e. The monoisotopic (exact) mass is 385 g/mol. The van der Waals surface area contributed by atoms with Gasteiger partial charge in [-0.3, -0.25) is 19.6 Å². The highest BCUT2D eigenvalue weighted by Gasteiger charge is 2.21. The lowest BCUT2D eigenvalue weighted by Gasteiger charge is -2.07. The largest absolute Gasteiger partial charge is 0.344 e. The van der Waals surface area contributed by atoms with Crippen LogP contribution in [0.5, 0.6) is 0 Å². The molecule has 0 unspecified atom stereocenters. The summed E-state index contributed by atoms with van der Waals surface area (Å²) in [5.41, 5.74) is 1.73. The van der Waals surface area contributed by atoms with E-state index in [-0.39, 0.29) is 17.5 Å². The number of anilines is 1. The Morgan fingerprint density at radius 1 is 1.32 bits per heavy atom. The Morgan fingerprint density at radius 3 is 2.45 bits per heavy atom. The topological polar surface area (TPSA) is 80.1 Å². The summed E-state index contributed by atoms with van der Waals surface area (Å²) in [5.74, 6) is -0.501. The number of carbonyl (C=O) groups is 2. The van der Waals surface area contributed by atoms with E-state index in [9.17, 15) is 9.59 Å². The van der Waals surface area contributed by atoms with Crippen molar-refractivity contribution in [2.75, 3.05) is 19.4 Å². The fraction of sp³-hybridized carbons (Fsp3) is 0.385. The summed E-state index contributed by atoms with van der Waals surface area (Å²) in [7, 11) is 5.11. The van der Waals surface area contributed by atoms with Crippen molar-refractivity contribution in [3.8, 4) is 0 Å². The summed E-state index contributed by atoms with van der Waals surface area (Å²) in [4.78, 5) is 30.5. The van der Waals surface area contributed by atoms with E-state index in [1.165, 1.54) is 4.90 Å². The third-order valence-electron chi connectivity index (χ3n) is 3.09. The average molecular weight is 386 g/mol. The van der Waals surface area contributed by atoms with E-state index in [0.717, 1.165) is 17.0 Å². The SMILES string of the molecule is Cc1nc(NC(=O)c2nn(C)c(C)c2Br)sc1C(=O)N(C)C. The van der Waals surface area contributed by atoms with Gasteiger partial charge in [-0.15, -0.1) is 0 Å². The van der Waals surface area contributed by atoms with E-state index in [1.54, 1.807) is 32.7 Å². The molecule has 2 heterocycles. The maximum absolute atomic E-state index is 12.3. The Bertz CT molecular complexity index is 750. The third-order valence-corrected chi connectivity index (χ3v) is 5.10. The molecule has 0 radical (unpaired) electrons. The molecular formula is C13H16BrN5O2S. The predicted octanol–water partition coefficient (Wildman–Crippen LogP) is 2.21. The van der Waals surface area contributed by atoms with E-state index in [1.807, 2.05) is 6.92 Å². The molecule has 0 saturated carbocycles. The lowest BCUT2D eigenvalue weighted by Crippen LogP contribution is -2.21. The fourth-order valence-electron chi connectivity index (χ4n) is 1.74. The van der Waals surface area contributed by atoms with Crippen LogP contribution in [-0.4, -0.2) is 45.6 Å². The number of hydrogen-bond donors (Lipinski definition) is 1. The number of aryl methyl sites for hydroxylation is 2. The van der Waals surface area contributed by atoms with Crippen LogP contribution in [0.3, 0.4) is 0 Å². The molecule has 0 aromatic carbocycles. The second-order valence-electron chi connectivity index (χ2n) is 4.96. The highest BCUT2D eigenvalue weighted by Crippen LogP contribution is 2.25. The van der Waals surface area contributed by atoms with Crippen LogP contribution in [0, 0.1) is 13.8 Å². The lowest BCUT2D eigenvalue weighted by atomic mass is 10.3. The Kier molecular flexibility index (Phi) is 4.66. The molecule has 0 bridgehead atoms. The van der Waals surface area contributed by atoms with Gasteiger partial charge in [0.2, 0.25) is 0 Å². The molecule has 0 aliphatic rings. The summed E-state index contributed by atoms with van der Waals surface area (Å²) in [5, 5.41) is 7.22. The van der Waals surface area contributed by atoms with Crippen molar-refractivity contribution in [3.63, 3.8) is 0 Å². The van der Waals surface area contributed by atoms with Crippen LogP contribution in [0.1, 0.15) is 31.5 Å². The van der Waals surface area contributed by atoms with Gasteiger partial charge in [0, 0.05) is 21.1 Å². The smallest absolute Gasteiger partial charge is 0.279 e. The van der Waals surface area contributed by atoms with Crippen LogP contribution >= 0.6 is 27.3 Å². The number of rotatable bonds is 3. The van der Waals surface area contributed by atoms with Gasteiger partial charge in [-0.25, -0.2) is 4.98 Å². The molecule has 0 aliphatic carbocycles. The van der Waals surface area contributed by atoms with Crippen LogP contribution in [0.25, 0.3) is 0 Å². The Hall–Kier alpha value is -1.74. The molecule has 0 atom stereocenters. The minimum Gasteiger partial charge on any atom is -0.344 e. The number of aromatic nitrogens is 3. The lowest BCUT2D eigenvalue weighted by molar-refractivity contribution is 0.0831. The summed E-state index contributed by atoms with van der Waals surface area (Å²) < 4.78 is 2.26. The molecule has 7 nitrogen and oxygen atoms in total. The quantitative estimate of drug-likeness (QED) is 0.877. The van der Waals surface area contributed by atoms with E-state index < -0.39 is 0 Å². The van der Waals surface area contributed by atoms with Gasteiger partial charge in [-0.1, -0.05) is 11.3 Å². The van der Waals surface area contributed by atoms with E-state index in [0.29, 0.717) is 20.2 Å². The van der Waals surface area contributed by atoms with Gasteiger partial charge in [0.05, 0.1) is 15.9 Å². The fourth-order valence-corrected chi connectivity index (χ4v) is 3.23. The predicted molar refractivity (Wildman–Crippen MR) is 88.5 cm³/mol. The number of hydrogen-bond acceptors (Lipinski definition) is 5. The zero-order valence-electron chi connectivity index (χ0n) is 12.9. The van der Waals surface area contributed by atoms with Gasteiger partial charge >= 0.3 is 0 Å². The number of nitrogens with zero attached hydrogens (tertiary/aromatic N) is 4. The standard InChI is InChI=1S/C13H16BrN5O2S/c1-6-10(12(21)18(3)4)22-13(15-6)16-11(20)9-8(14)7(2)19(5)17-9/h1-5H3,(H,15,16,20). The minimum atomic E-state index is -0.367. The van der Waals surface area contributed by atoms with Crippen LogP contribution in [-0.2, 0) is 7.05 Å². The van der Waals surface area contributed by atoms with Crippen LogP contribution in [0.2, 0.25) is 0 Å². The Labute approximate surface area is 140 Å². The molecule has 0 aliphatic heterocycles. The van der Waals surface area contributed by atoms with Gasteiger partial charge in [0.25, 0.3) is 11.8 Å². The first-order chi connectivity index (χ1) is 10.2. The van der Waals surface area contributed by atoms with Crippen LogP contribution in [0.4, 0.5) is 5.13 Å². The maximum atomic E-state index is 12.3. The molecule has 2 aromatic rings. The first-order valence-electron chi connectivity index (χ1n) is 6.42. The normalized spacial score (nSPS) is 10.6. The first kappa shape index (κ1) is 16.6. The number of amides is 2. The van der Waals surface area contributed by atoms with Crippen molar-refractivity contribution in [3.05, 3.63) is 26.4 Å². The molecule has 22 heavy (non-hydrogen) atoms. The number of nitrogens with one attached hydrogen (secondary N) is 1. The molecule has 9 heteroatoms. The third kappa shape index (κ3) is 3.05. The van der Waals surface area contributed by atoms with Gasteiger partial charge in [-0.2, -0.15) is 5.10 Å². The van der Waals surface area contributed by atoms with Crippen molar-refractivity contribution in [1.82, 2.24) is 19.7 Å². The van der Waals surface area contributed by atoms with Gasteiger partial charge in [-0.05, 0) is 29.8 Å². The molecule has 2 aromatic heterocycles. The summed E-state index contributed by atoms with van der Waals surface area (Å²) in [6.45, 7) is 3.60. The van der Waals surface area contributed by atoms with Gasteiger partial charge in [0.1, 0.15) is 4.88 Å². The van der Waals surface area contributed by atoms with E-state index in [4.69, 9.17) is 0 Å². The molecular weight excluding hydrogens is 370 g/mol. The molecule has 118 valence electrons. The second-order valence-corrected chi connectivity index (χ2v) is 6.75. The van der Waals surface area contributed by atoms with Crippen molar-refractivity contribution in [2.24, 2.45) is 7.05 Å². The summed E-state index contributed by atoms with van der Waals surface area (Å²) in [6, 6.07) is 0. The number of carbonyl (C=O) groups excluding carboxylic acids is 2. The van der Waals surface area contributed by atoms with Crippen molar-refractivity contribution >= 4 is 44.2 Å². The number of thiazole rings is 1. The van der Waals surface area contributed by atoms with Crippen molar-refractivity contribution in [1.29, 1.82) is 0 Å². The van der Waals surface area contributed by atoms with E-state index in [2.05, 4.69) is 31.3 Å². The van der Waals surface area contributed by atoms with Gasteiger partial charge < -0.3 is 4.90 Å². The molecule has 2 amide bonds. The zero-order valence-corrected chi connectivity index (χ0v) is 15.3. The molecule has 0 spiro atoms. The molecule has 1 N–H and O–H groups in total. The van der Waals surface area contributed by atoms with E-state index >= 15 is 0 Å². The van der Waals surface area contributed by atoms with Crippen LogP contribution in [0.15, 0.2) is 4.47 Å². The van der Waals surface area contributed by atoms with Crippen LogP contribution < -0.4 is 5.32 Å². The van der Waals surface area contributed by atoms with Crippen molar-refractivity contribution < 1.29 is 9.59 Å². The molecule has 0 fully saturated rings. The minimum absolute atomic E-state index is 0.134. The second kappa shape index (κ2) is 6.17. The molecule has 2 rings (SSSR count). The first-order valence-corrected chi connectivity index (χ1v) is 8.02. The summed E-state index contributed by atoms with van der Waals surface area (Å²) in [6.07, 6.45) is 0.